The topological polar surface area (TPSA) is 71.0 Å². The third kappa shape index (κ3) is 8.25. The van der Waals surface area contributed by atoms with E-state index in [1.807, 2.05) is 20.0 Å². The van der Waals surface area contributed by atoms with Crippen LogP contribution >= 0.6 is 24.0 Å². The minimum absolute atomic E-state index is 0. The Balaban J connectivity index is 0.00000300. The van der Waals surface area contributed by atoms with Crippen molar-refractivity contribution in [2.75, 3.05) is 58.0 Å². The van der Waals surface area contributed by atoms with Crippen molar-refractivity contribution < 1.29 is 9.47 Å². The summed E-state index contributed by atoms with van der Waals surface area (Å²) in [7, 11) is 1.83. The lowest BCUT2D eigenvalue weighted by molar-refractivity contribution is 0.0888. The lowest BCUT2D eigenvalue weighted by Crippen LogP contribution is -2.49. The third-order valence-electron chi connectivity index (χ3n) is 5.39. The number of piperidine rings is 1. The Hall–Kier alpha value is -1.13. The van der Waals surface area contributed by atoms with Crippen LogP contribution in [0.15, 0.2) is 23.2 Å². The van der Waals surface area contributed by atoms with Crippen LogP contribution in [-0.4, -0.2) is 70.1 Å². The van der Waals surface area contributed by atoms with Gasteiger partial charge in [0, 0.05) is 57.5 Å². The van der Waals surface area contributed by atoms with Gasteiger partial charge in [-0.3, -0.25) is 4.99 Å². The van der Waals surface area contributed by atoms with E-state index in [9.17, 15) is 0 Å². The first-order valence-electron chi connectivity index (χ1n) is 10.6. The molecule has 29 heavy (non-hydrogen) atoms. The lowest BCUT2D eigenvalue weighted by atomic mass is 10.1. The van der Waals surface area contributed by atoms with E-state index in [0.29, 0.717) is 12.0 Å². The molecule has 0 spiro atoms. The third-order valence-corrected chi connectivity index (χ3v) is 5.39. The van der Waals surface area contributed by atoms with Crippen molar-refractivity contribution >= 4 is 35.8 Å². The second-order valence-corrected chi connectivity index (χ2v) is 7.70. The molecular weight excluding hydrogens is 481 g/mol. The number of halogens is 1. The van der Waals surface area contributed by atoms with Crippen molar-refractivity contribution in [1.82, 2.24) is 15.6 Å². The smallest absolute Gasteiger partial charge is 0.191 e. The second kappa shape index (κ2) is 13.2. The predicted octanol–water partition coefficient (Wildman–Crippen LogP) is 2.59. The van der Waals surface area contributed by atoms with Crippen molar-refractivity contribution in [2.45, 2.75) is 38.6 Å². The van der Waals surface area contributed by atoms with Crippen LogP contribution in [0.4, 0.5) is 5.82 Å². The second-order valence-electron chi connectivity index (χ2n) is 7.70. The predicted molar refractivity (Wildman–Crippen MR) is 128 cm³/mol. The zero-order valence-electron chi connectivity index (χ0n) is 17.7. The number of rotatable bonds is 8. The molecule has 2 N–H and O–H groups in total. The molecule has 0 radical (unpaired) electrons. The first-order valence-corrected chi connectivity index (χ1v) is 10.6. The van der Waals surface area contributed by atoms with E-state index in [2.05, 4.69) is 37.6 Å². The summed E-state index contributed by atoms with van der Waals surface area (Å²) in [6, 6.07) is 6.68. The van der Waals surface area contributed by atoms with Gasteiger partial charge in [-0.05, 0) is 44.7 Å². The van der Waals surface area contributed by atoms with Crippen molar-refractivity contribution in [3.63, 3.8) is 0 Å². The van der Waals surface area contributed by atoms with E-state index < -0.39 is 0 Å². The maximum absolute atomic E-state index is 5.75. The fourth-order valence-corrected chi connectivity index (χ4v) is 3.69. The minimum atomic E-state index is 0. The number of aromatic nitrogens is 1. The zero-order chi connectivity index (χ0) is 19.6. The molecular formula is C21H36IN5O2. The zero-order valence-corrected chi connectivity index (χ0v) is 20.1. The van der Waals surface area contributed by atoms with E-state index >= 15 is 0 Å². The fourth-order valence-electron chi connectivity index (χ4n) is 3.69. The van der Waals surface area contributed by atoms with Gasteiger partial charge >= 0.3 is 0 Å². The number of pyridine rings is 1. The Labute approximate surface area is 192 Å². The Kier molecular flexibility index (Phi) is 11.0. The van der Waals surface area contributed by atoms with E-state index in [0.717, 1.165) is 89.2 Å². The molecule has 0 bridgehead atoms. The van der Waals surface area contributed by atoms with E-state index in [4.69, 9.17) is 9.47 Å². The number of nitrogens with one attached hydrogen (secondary N) is 2. The Morgan fingerprint density at radius 2 is 2.14 bits per heavy atom. The van der Waals surface area contributed by atoms with Gasteiger partial charge in [0.25, 0.3) is 0 Å². The van der Waals surface area contributed by atoms with Crippen molar-refractivity contribution in [1.29, 1.82) is 0 Å². The molecule has 3 heterocycles. The summed E-state index contributed by atoms with van der Waals surface area (Å²) in [4.78, 5) is 11.4. The molecule has 3 rings (SSSR count). The molecule has 2 aliphatic rings. The minimum Gasteiger partial charge on any atom is -0.381 e. The van der Waals surface area contributed by atoms with Crippen molar-refractivity contribution in [2.24, 2.45) is 10.9 Å². The van der Waals surface area contributed by atoms with Crippen molar-refractivity contribution in [3.05, 3.63) is 23.9 Å². The van der Waals surface area contributed by atoms with Gasteiger partial charge in [-0.15, -0.1) is 24.0 Å². The largest absolute Gasteiger partial charge is 0.381 e. The Bertz CT molecular complexity index is 617. The molecule has 2 fully saturated rings. The molecule has 1 aromatic heterocycles. The van der Waals surface area contributed by atoms with Gasteiger partial charge in [-0.2, -0.15) is 0 Å². The van der Waals surface area contributed by atoms with Crippen LogP contribution < -0.4 is 15.5 Å². The Morgan fingerprint density at radius 1 is 1.31 bits per heavy atom. The molecule has 0 saturated carbocycles. The highest BCUT2D eigenvalue weighted by atomic mass is 127. The maximum atomic E-state index is 5.75. The van der Waals surface area contributed by atoms with Crippen LogP contribution in [0, 0.1) is 12.8 Å². The summed E-state index contributed by atoms with van der Waals surface area (Å²) in [6.07, 6.45) is 4.28. The quantitative estimate of drug-likeness (QED) is 0.239. The summed E-state index contributed by atoms with van der Waals surface area (Å²) >= 11 is 0. The van der Waals surface area contributed by atoms with Crippen LogP contribution in [-0.2, 0) is 9.47 Å². The van der Waals surface area contributed by atoms with E-state index in [1.54, 1.807) is 0 Å². The first kappa shape index (κ1) is 24.1. The normalized spacial score (nSPS) is 20.4. The molecule has 1 aromatic rings. The van der Waals surface area contributed by atoms with Crippen LogP contribution in [0.25, 0.3) is 0 Å². The van der Waals surface area contributed by atoms with Gasteiger partial charge in [0.2, 0.25) is 0 Å². The highest BCUT2D eigenvalue weighted by Crippen LogP contribution is 2.18. The highest BCUT2D eigenvalue weighted by molar-refractivity contribution is 14.0. The number of anilines is 1. The van der Waals surface area contributed by atoms with Crippen LogP contribution in [0.5, 0.6) is 0 Å². The SMILES string of the molecule is CN=C(NCCCOCC1CCOC1)NC1CCN(c2cccc(C)n2)CC1.I. The molecule has 2 saturated heterocycles. The number of ether oxygens (including phenoxy) is 2. The Morgan fingerprint density at radius 3 is 2.83 bits per heavy atom. The highest BCUT2D eigenvalue weighted by Gasteiger charge is 2.21. The molecule has 1 unspecified atom stereocenters. The summed E-state index contributed by atoms with van der Waals surface area (Å²) in [5, 5.41) is 6.96. The molecule has 0 aliphatic carbocycles. The lowest BCUT2D eigenvalue weighted by Gasteiger charge is -2.34. The van der Waals surface area contributed by atoms with Gasteiger partial charge in [0.05, 0.1) is 13.2 Å². The number of aryl methyl sites for hydroxylation is 1. The first-order chi connectivity index (χ1) is 13.7. The van der Waals surface area contributed by atoms with Crippen LogP contribution in [0.2, 0.25) is 0 Å². The molecule has 2 aliphatic heterocycles. The molecule has 8 heteroatoms. The van der Waals surface area contributed by atoms with E-state index in [-0.39, 0.29) is 24.0 Å². The summed E-state index contributed by atoms with van der Waals surface area (Å²) < 4.78 is 11.1. The summed E-state index contributed by atoms with van der Waals surface area (Å²) in [5.41, 5.74) is 1.07. The van der Waals surface area contributed by atoms with Gasteiger partial charge in [0.1, 0.15) is 5.82 Å². The van der Waals surface area contributed by atoms with Crippen LogP contribution in [0.3, 0.4) is 0 Å². The molecule has 0 amide bonds. The summed E-state index contributed by atoms with van der Waals surface area (Å²) in [5.74, 6) is 2.56. The fraction of sp³-hybridized carbons (Fsp3) is 0.714. The van der Waals surface area contributed by atoms with Gasteiger partial charge < -0.3 is 25.0 Å². The van der Waals surface area contributed by atoms with Crippen LogP contribution in [0.1, 0.15) is 31.4 Å². The average Bonchev–Trinajstić information content (AvgIpc) is 3.23. The van der Waals surface area contributed by atoms with Gasteiger partial charge in [-0.1, -0.05) is 6.07 Å². The molecule has 164 valence electrons. The summed E-state index contributed by atoms with van der Waals surface area (Å²) in [6.45, 7) is 8.29. The number of hydrogen-bond donors (Lipinski definition) is 2. The molecule has 7 nitrogen and oxygen atoms in total. The molecule has 0 aromatic carbocycles. The van der Waals surface area contributed by atoms with Gasteiger partial charge in [-0.25, -0.2) is 4.98 Å². The number of nitrogens with zero attached hydrogens (tertiary/aromatic N) is 3. The maximum Gasteiger partial charge on any atom is 0.191 e. The van der Waals surface area contributed by atoms with Gasteiger partial charge in [0.15, 0.2) is 5.96 Å². The number of aliphatic imine (C=N–C) groups is 1. The standard InChI is InChI=1S/C21H35N5O2.HI/c1-17-5-3-6-20(24-17)26-11-7-19(8-12-26)25-21(22-2)23-10-4-13-27-15-18-9-14-28-16-18;/h3,5-6,18-19H,4,7-16H2,1-2H3,(H2,22,23,25);1H. The van der Waals surface area contributed by atoms with E-state index in [1.165, 1.54) is 0 Å². The average molecular weight is 517 g/mol. The number of hydrogen-bond acceptors (Lipinski definition) is 5. The van der Waals surface area contributed by atoms with Crippen molar-refractivity contribution in [3.8, 4) is 0 Å². The monoisotopic (exact) mass is 517 g/mol. The number of guanidine groups is 1. The molecule has 1 atom stereocenters.